The van der Waals surface area contributed by atoms with E-state index in [1.807, 2.05) is 14.0 Å². The lowest BCUT2D eigenvalue weighted by molar-refractivity contribution is 0.546. The molecular weight excluding hydrogens is 264 g/mol. The van der Waals surface area contributed by atoms with E-state index in [0.717, 1.165) is 25.9 Å². The third-order valence-corrected chi connectivity index (χ3v) is 4.64. The lowest BCUT2D eigenvalue weighted by Gasteiger charge is -2.07. The first-order chi connectivity index (χ1) is 8.94. The molecule has 7 heteroatoms. The minimum Gasteiger partial charge on any atom is -0.320 e. The molecule has 0 fully saturated rings. The van der Waals surface area contributed by atoms with E-state index in [2.05, 4.69) is 15.1 Å². The number of hydrogen-bond acceptors (Lipinski definition) is 4. The molecule has 1 rings (SSSR count). The number of sulfonamides is 1. The van der Waals surface area contributed by atoms with E-state index >= 15 is 0 Å². The van der Waals surface area contributed by atoms with E-state index in [1.165, 1.54) is 0 Å². The van der Waals surface area contributed by atoms with Crippen molar-refractivity contribution in [2.75, 3.05) is 20.1 Å². The summed E-state index contributed by atoms with van der Waals surface area (Å²) in [5.41, 5.74) is 1.27. The summed E-state index contributed by atoms with van der Waals surface area (Å²) in [6, 6.07) is 0. The molecule has 0 unspecified atom stereocenters. The largest absolute Gasteiger partial charge is 0.320 e. The Labute approximate surface area is 115 Å². The van der Waals surface area contributed by atoms with Gasteiger partial charge in [-0.05, 0) is 40.3 Å². The predicted molar refractivity (Wildman–Crippen MR) is 75.7 cm³/mol. The highest BCUT2D eigenvalue weighted by molar-refractivity contribution is 7.89. The fourth-order valence-electron chi connectivity index (χ4n) is 2.00. The average Bonchev–Trinajstić information content (AvgIpc) is 2.63. The van der Waals surface area contributed by atoms with Gasteiger partial charge in [0.25, 0.3) is 0 Å². The summed E-state index contributed by atoms with van der Waals surface area (Å²) in [7, 11) is -1.55. The number of nitrogens with one attached hydrogen (secondary N) is 2. The van der Waals surface area contributed by atoms with Crippen LogP contribution >= 0.6 is 0 Å². The average molecular weight is 288 g/mol. The Bertz CT molecular complexity index is 508. The normalized spacial score (nSPS) is 12.0. The maximum atomic E-state index is 12.2. The van der Waals surface area contributed by atoms with Crippen LogP contribution in [0, 0.1) is 13.8 Å². The van der Waals surface area contributed by atoms with Crippen molar-refractivity contribution in [1.29, 1.82) is 0 Å². The van der Waals surface area contributed by atoms with Crippen LogP contribution in [-0.2, 0) is 16.6 Å². The zero-order valence-electron chi connectivity index (χ0n) is 12.2. The van der Waals surface area contributed by atoms with Gasteiger partial charge in [0.05, 0.1) is 11.4 Å². The Balaban J connectivity index is 2.96. The van der Waals surface area contributed by atoms with Crippen molar-refractivity contribution in [3.63, 3.8) is 0 Å². The molecule has 2 N–H and O–H groups in total. The van der Waals surface area contributed by atoms with E-state index in [9.17, 15) is 8.42 Å². The molecule has 110 valence electrons. The maximum Gasteiger partial charge on any atom is 0.244 e. The van der Waals surface area contributed by atoms with E-state index in [0.29, 0.717) is 22.8 Å². The first-order valence-corrected chi connectivity index (χ1v) is 8.10. The van der Waals surface area contributed by atoms with E-state index in [-0.39, 0.29) is 0 Å². The summed E-state index contributed by atoms with van der Waals surface area (Å²) in [5.74, 6) is 0. The molecule has 0 atom stereocenters. The van der Waals surface area contributed by atoms with Crippen LogP contribution in [0.2, 0.25) is 0 Å². The fourth-order valence-corrected chi connectivity index (χ4v) is 3.54. The second-order valence-corrected chi connectivity index (χ2v) is 6.28. The highest BCUT2D eigenvalue weighted by Crippen LogP contribution is 2.19. The molecular formula is C12H24N4O2S. The van der Waals surface area contributed by atoms with Crippen molar-refractivity contribution in [3.8, 4) is 0 Å². The van der Waals surface area contributed by atoms with Gasteiger partial charge in [0.15, 0.2) is 0 Å². The lowest BCUT2D eigenvalue weighted by Crippen LogP contribution is -2.25. The van der Waals surface area contributed by atoms with Gasteiger partial charge >= 0.3 is 0 Å². The molecule has 1 heterocycles. The number of rotatable bonds is 8. The van der Waals surface area contributed by atoms with Crippen LogP contribution in [0.4, 0.5) is 0 Å². The number of aryl methyl sites for hydroxylation is 2. The van der Waals surface area contributed by atoms with E-state index in [1.54, 1.807) is 18.5 Å². The van der Waals surface area contributed by atoms with E-state index in [4.69, 9.17) is 0 Å². The quantitative estimate of drug-likeness (QED) is 0.694. The van der Waals surface area contributed by atoms with Gasteiger partial charge in [0.2, 0.25) is 10.0 Å². The molecule has 0 radical (unpaired) electrons. The smallest absolute Gasteiger partial charge is 0.244 e. The molecule has 19 heavy (non-hydrogen) atoms. The summed E-state index contributed by atoms with van der Waals surface area (Å²) < 4.78 is 28.8. The molecule has 6 nitrogen and oxygen atoms in total. The van der Waals surface area contributed by atoms with Gasteiger partial charge in [-0.2, -0.15) is 5.10 Å². The van der Waals surface area contributed by atoms with Gasteiger partial charge in [-0.1, -0.05) is 6.92 Å². The van der Waals surface area contributed by atoms with Crippen LogP contribution in [0.25, 0.3) is 0 Å². The summed E-state index contributed by atoms with van der Waals surface area (Å²) in [5, 5.41) is 7.39. The topological polar surface area (TPSA) is 76.0 Å². The van der Waals surface area contributed by atoms with Crippen molar-refractivity contribution in [2.24, 2.45) is 0 Å². The Hall–Kier alpha value is -0.920. The van der Waals surface area contributed by atoms with Gasteiger partial charge in [0, 0.05) is 13.1 Å². The second kappa shape index (κ2) is 7.02. The van der Waals surface area contributed by atoms with Crippen molar-refractivity contribution in [1.82, 2.24) is 19.8 Å². The van der Waals surface area contributed by atoms with Crippen LogP contribution in [0.1, 0.15) is 31.2 Å². The minimum absolute atomic E-state index is 0.324. The van der Waals surface area contributed by atoms with Gasteiger partial charge in [0.1, 0.15) is 4.90 Å². The molecule has 0 saturated carbocycles. The molecule has 0 bridgehead atoms. The SMILES string of the molecule is CCCNS(=O)(=O)c1c(C)nn(CCCNC)c1C. The molecule has 1 aromatic heterocycles. The van der Waals surface area contributed by atoms with Crippen LogP contribution in [-0.4, -0.2) is 38.3 Å². The molecule has 0 amide bonds. The first-order valence-electron chi connectivity index (χ1n) is 6.62. The van der Waals surface area contributed by atoms with Crippen LogP contribution in [0.15, 0.2) is 4.90 Å². The number of nitrogens with zero attached hydrogens (tertiary/aromatic N) is 2. The third kappa shape index (κ3) is 4.02. The molecule has 0 aliphatic heterocycles. The second-order valence-electron chi connectivity index (χ2n) is 4.58. The van der Waals surface area contributed by atoms with Crippen LogP contribution in [0.3, 0.4) is 0 Å². The summed E-state index contributed by atoms with van der Waals surface area (Å²) >= 11 is 0. The zero-order valence-corrected chi connectivity index (χ0v) is 13.0. The Morgan fingerprint density at radius 2 is 1.95 bits per heavy atom. The van der Waals surface area contributed by atoms with Gasteiger partial charge < -0.3 is 5.32 Å². The van der Waals surface area contributed by atoms with Crippen molar-refractivity contribution < 1.29 is 8.42 Å². The van der Waals surface area contributed by atoms with Gasteiger partial charge in [-0.15, -0.1) is 0 Å². The summed E-state index contributed by atoms with van der Waals surface area (Å²) in [4.78, 5) is 0.324. The van der Waals surface area contributed by atoms with Crippen molar-refractivity contribution in [2.45, 2.75) is 45.1 Å². The summed E-state index contributed by atoms with van der Waals surface area (Å²) in [6.45, 7) is 7.53. The molecule has 0 saturated heterocycles. The maximum absolute atomic E-state index is 12.2. The fraction of sp³-hybridized carbons (Fsp3) is 0.750. The molecule has 0 aliphatic carbocycles. The Morgan fingerprint density at radius 3 is 2.53 bits per heavy atom. The van der Waals surface area contributed by atoms with Crippen LogP contribution in [0.5, 0.6) is 0 Å². The van der Waals surface area contributed by atoms with Crippen LogP contribution < -0.4 is 10.0 Å². The van der Waals surface area contributed by atoms with Gasteiger partial charge in [-0.25, -0.2) is 13.1 Å². The minimum atomic E-state index is -3.44. The lowest BCUT2D eigenvalue weighted by atomic mass is 10.4. The first kappa shape index (κ1) is 16.1. The zero-order chi connectivity index (χ0) is 14.5. The molecule has 1 aromatic rings. The molecule has 0 spiro atoms. The monoisotopic (exact) mass is 288 g/mol. The van der Waals surface area contributed by atoms with E-state index < -0.39 is 10.0 Å². The Morgan fingerprint density at radius 1 is 1.26 bits per heavy atom. The number of aromatic nitrogens is 2. The summed E-state index contributed by atoms with van der Waals surface area (Å²) in [6.07, 6.45) is 1.69. The predicted octanol–water partition coefficient (Wildman–Crippen LogP) is 0.798. The third-order valence-electron chi connectivity index (χ3n) is 2.92. The van der Waals surface area contributed by atoms with Gasteiger partial charge in [-0.3, -0.25) is 4.68 Å². The van der Waals surface area contributed by atoms with Crippen molar-refractivity contribution >= 4 is 10.0 Å². The highest BCUT2D eigenvalue weighted by Gasteiger charge is 2.23. The molecule has 0 aromatic carbocycles. The Kier molecular flexibility index (Phi) is 5.96. The molecule has 0 aliphatic rings. The van der Waals surface area contributed by atoms with Crippen molar-refractivity contribution in [3.05, 3.63) is 11.4 Å². The number of hydrogen-bond donors (Lipinski definition) is 2. The highest BCUT2D eigenvalue weighted by atomic mass is 32.2. The standard InChI is InChI=1S/C12H24N4O2S/c1-5-7-14-19(17,18)12-10(2)15-16(11(12)3)9-6-8-13-4/h13-14H,5-9H2,1-4H3.